The van der Waals surface area contributed by atoms with Crippen LogP contribution in [0.5, 0.6) is 5.75 Å². The Bertz CT molecular complexity index is 1070. The average Bonchev–Trinajstić information content (AvgIpc) is 3.14. The first kappa shape index (κ1) is 17.7. The lowest BCUT2D eigenvalue weighted by Gasteiger charge is -2.38. The molecule has 0 fully saturated rings. The van der Waals surface area contributed by atoms with E-state index in [1.54, 1.807) is 12.1 Å². The number of hydrogen-bond acceptors (Lipinski definition) is 3. The van der Waals surface area contributed by atoms with Crippen LogP contribution in [0.15, 0.2) is 76.3 Å². The molecule has 0 aromatic heterocycles. The Morgan fingerprint density at radius 3 is 2.54 bits per heavy atom. The minimum absolute atomic E-state index is 0.0103. The lowest BCUT2D eigenvalue weighted by atomic mass is 9.96. The molecule has 0 aliphatic carbocycles. The number of halogens is 3. The molecule has 2 heterocycles. The number of hydrogen-bond donors (Lipinski definition) is 0. The fourth-order valence-electron chi connectivity index (χ4n) is 3.72. The van der Waals surface area contributed by atoms with E-state index in [4.69, 9.17) is 21.4 Å². The third kappa shape index (κ3) is 3.09. The third-order valence-corrected chi connectivity index (χ3v) is 5.85. The number of hydrazone groups is 1. The average molecular weight is 458 g/mol. The van der Waals surface area contributed by atoms with E-state index in [9.17, 15) is 4.39 Å². The number of ether oxygens (including phenoxy) is 1. The Morgan fingerprint density at radius 2 is 1.79 bits per heavy atom. The summed E-state index contributed by atoms with van der Waals surface area (Å²) in [4.78, 5) is 0. The maximum atomic E-state index is 13.4. The minimum Gasteiger partial charge on any atom is -0.464 e. The van der Waals surface area contributed by atoms with E-state index in [-0.39, 0.29) is 11.9 Å². The highest BCUT2D eigenvalue weighted by atomic mass is 79.9. The maximum Gasteiger partial charge on any atom is 0.213 e. The van der Waals surface area contributed by atoms with Gasteiger partial charge in [0.25, 0.3) is 0 Å². The van der Waals surface area contributed by atoms with Crippen molar-refractivity contribution in [1.29, 1.82) is 0 Å². The molecule has 0 saturated carbocycles. The third-order valence-electron chi connectivity index (χ3n) is 5.08. The number of fused-ring (bicyclic) bond motifs is 3. The van der Waals surface area contributed by atoms with Crippen LogP contribution in [0.2, 0.25) is 5.02 Å². The normalized spacial score (nSPS) is 20.2. The Labute approximate surface area is 175 Å². The van der Waals surface area contributed by atoms with Crippen molar-refractivity contribution >= 4 is 33.2 Å². The van der Waals surface area contributed by atoms with Crippen LogP contribution in [0.4, 0.5) is 4.39 Å². The number of benzene rings is 3. The van der Waals surface area contributed by atoms with E-state index in [2.05, 4.69) is 15.9 Å². The van der Waals surface area contributed by atoms with Crippen molar-refractivity contribution in [3.05, 3.63) is 98.7 Å². The zero-order chi connectivity index (χ0) is 19.3. The van der Waals surface area contributed by atoms with Crippen molar-refractivity contribution < 1.29 is 9.13 Å². The molecule has 0 saturated heterocycles. The second kappa shape index (κ2) is 6.90. The van der Waals surface area contributed by atoms with Crippen LogP contribution < -0.4 is 4.74 Å². The summed E-state index contributed by atoms with van der Waals surface area (Å²) in [6.07, 6.45) is 0.322. The molecular weight excluding hydrogens is 443 g/mol. The molecule has 3 aromatic rings. The number of nitrogens with zero attached hydrogens (tertiary/aromatic N) is 2. The molecule has 5 rings (SSSR count). The molecule has 28 heavy (non-hydrogen) atoms. The minimum atomic E-state index is -0.424. The van der Waals surface area contributed by atoms with Crippen LogP contribution in [0.1, 0.15) is 35.4 Å². The maximum absolute atomic E-state index is 13.4. The van der Waals surface area contributed by atoms with Crippen molar-refractivity contribution in [3.63, 3.8) is 0 Å². The molecule has 2 atom stereocenters. The summed E-state index contributed by atoms with van der Waals surface area (Å²) in [5.41, 5.74) is 3.93. The van der Waals surface area contributed by atoms with Gasteiger partial charge in [-0.25, -0.2) is 9.40 Å². The predicted octanol–water partition coefficient (Wildman–Crippen LogP) is 6.48. The summed E-state index contributed by atoms with van der Waals surface area (Å²) in [5.74, 6) is 0.510. The summed E-state index contributed by atoms with van der Waals surface area (Å²) >= 11 is 9.73. The predicted molar refractivity (Wildman–Crippen MR) is 111 cm³/mol. The smallest absolute Gasteiger partial charge is 0.213 e. The van der Waals surface area contributed by atoms with Crippen molar-refractivity contribution in [2.45, 2.75) is 18.7 Å². The van der Waals surface area contributed by atoms with Gasteiger partial charge in [0.1, 0.15) is 11.6 Å². The first-order valence-corrected chi connectivity index (χ1v) is 10.1. The molecule has 0 bridgehead atoms. The van der Waals surface area contributed by atoms with Crippen LogP contribution in [-0.2, 0) is 0 Å². The molecule has 2 aliphatic rings. The molecule has 3 aromatic carbocycles. The van der Waals surface area contributed by atoms with E-state index < -0.39 is 6.23 Å². The Kier molecular flexibility index (Phi) is 4.37. The Morgan fingerprint density at radius 1 is 1.04 bits per heavy atom. The van der Waals surface area contributed by atoms with Crippen LogP contribution in [0, 0.1) is 5.82 Å². The van der Waals surface area contributed by atoms with Crippen molar-refractivity contribution in [2.24, 2.45) is 5.10 Å². The summed E-state index contributed by atoms with van der Waals surface area (Å²) in [6.45, 7) is 0. The van der Waals surface area contributed by atoms with Gasteiger partial charge in [-0.2, -0.15) is 5.10 Å². The second-order valence-electron chi connectivity index (χ2n) is 6.86. The zero-order valence-corrected chi connectivity index (χ0v) is 17.0. The van der Waals surface area contributed by atoms with Crippen LogP contribution >= 0.6 is 27.5 Å². The van der Waals surface area contributed by atoms with E-state index in [1.807, 2.05) is 47.5 Å². The van der Waals surface area contributed by atoms with Gasteiger partial charge in [-0.15, -0.1) is 0 Å². The van der Waals surface area contributed by atoms with Gasteiger partial charge in [0.15, 0.2) is 0 Å². The molecular formula is C22H15BrClFN2O. The first-order chi connectivity index (χ1) is 13.6. The summed E-state index contributed by atoms with van der Waals surface area (Å²) < 4.78 is 20.7. The van der Waals surface area contributed by atoms with Gasteiger partial charge in [-0.3, -0.25) is 0 Å². The highest BCUT2D eigenvalue weighted by Gasteiger charge is 2.41. The van der Waals surface area contributed by atoms with Crippen LogP contribution in [0.25, 0.3) is 0 Å². The van der Waals surface area contributed by atoms with E-state index in [0.29, 0.717) is 5.02 Å². The molecule has 140 valence electrons. The summed E-state index contributed by atoms with van der Waals surface area (Å²) in [5, 5.41) is 7.52. The fourth-order valence-corrected chi connectivity index (χ4v) is 4.17. The molecule has 2 aliphatic heterocycles. The van der Waals surface area contributed by atoms with Crippen LogP contribution in [-0.4, -0.2) is 10.7 Å². The van der Waals surface area contributed by atoms with Gasteiger partial charge in [0, 0.05) is 27.0 Å². The van der Waals surface area contributed by atoms with Crippen LogP contribution in [0.3, 0.4) is 0 Å². The van der Waals surface area contributed by atoms with Gasteiger partial charge >= 0.3 is 0 Å². The summed E-state index contributed by atoms with van der Waals surface area (Å²) in [7, 11) is 0. The topological polar surface area (TPSA) is 24.8 Å². The van der Waals surface area contributed by atoms with Gasteiger partial charge in [0.2, 0.25) is 6.23 Å². The Hall–Kier alpha value is -2.37. The van der Waals surface area contributed by atoms with Gasteiger partial charge < -0.3 is 4.74 Å². The van der Waals surface area contributed by atoms with Gasteiger partial charge in [-0.1, -0.05) is 51.8 Å². The molecule has 0 unspecified atom stereocenters. The zero-order valence-electron chi connectivity index (χ0n) is 14.6. The molecule has 6 heteroatoms. The largest absolute Gasteiger partial charge is 0.464 e. The SMILES string of the molecule is Fc1ccc([C@H]2Oc3ccc(Cl)cc3[C@H]3CC(c4ccc(Br)cc4)=NN32)cc1. The lowest BCUT2D eigenvalue weighted by Crippen LogP contribution is -2.33. The molecule has 0 radical (unpaired) electrons. The second-order valence-corrected chi connectivity index (χ2v) is 8.21. The van der Waals surface area contributed by atoms with Gasteiger partial charge in [0.05, 0.1) is 11.8 Å². The fraction of sp³-hybridized carbons (Fsp3) is 0.136. The monoisotopic (exact) mass is 456 g/mol. The van der Waals surface area contributed by atoms with E-state index in [0.717, 1.165) is 39.0 Å². The molecule has 0 amide bonds. The molecule has 3 nitrogen and oxygen atoms in total. The number of rotatable bonds is 2. The van der Waals surface area contributed by atoms with Gasteiger partial charge in [-0.05, 0) is 48.0 Å². The first-order valence-electron chi connectivity index (χ1n) is 8.92. The quantitative estimate of drug-likeness (QED) is 0.440. The van der Waals surface area contributed by atoms with E-state index >= 15 is 0 Å². The standard InChI is InChI=1S/C22H15BrClFN2O/c23-15-5-1-13(2-6-15)19-12-20-18-11-16(24)7-10-21(18)28-22(27(20)26-19)14-3-8-17(25)9-4-14/h1-11,20,22H,12H2/t20-,22-/m1/s1. The highest BCUT2D eigenvalue weighted by Crippen LogP contribution is 2.48. The Balaban J connectivity index is 1.59. The summed E-state index contributed by atoms with van der Waals surface area (Å²) in [6, 6.07) is 20.2. The molecule has 0 spiro atoms. The van der Waals surface area contributed by atoms with Crippen molar-refractivity contribution in [1.82, 2.24) is 5.01 Å². The van der Waals surface area contributed by atoms with Crippen molar-refractivity contribution in [3.8, 4) is 5.75 Å². The van der Waals surface area contributed by atoms with Crippen molar-refractivity contribution in [2.75, 3.05) is 0 Å². The lowest BCUT2D eigenvalue weighted by molar-refractivity contribution is -0.0190. The molecule has 0 N–H and O–H groups in total. The highest BCUT2D eigenvalue weighted by molar-refractivity contribution is 9.10. The van der Waals surface area contributed by atoms with E-state index in [1.165, 1.54) is 12.1 Å².